The van der Waals surface area contributed by atoms with Gasteiger partial charge in [0.05, 0.1) is 0 Å². The van der Waals surface area contributed by atoms with Crippen LogP contribution in [0.1, 0.15) is 47.2 Å². The minimum absolute atomic E-state index is 0.0670. The number of carbonyl (C=O) groups is 7. The van der Waals surface area contributed by atoms with Crippen molar-refractivity contribution in [3.8, 4) is 0 Å². The summed E-state index contributed by atoms with van der Waals surface area (Å²) >= 11 is 2.22. The highest BCUT2D eigenvalue weighted by Crippen LogP contribution is 2.41. The van der Waals surface area contributed by atoms with Crippen LogP contribution < -0.4 is 22.5 Å². The number of hydrogen-bond donors (Lipinski definition) is 4. The van der Waals surface area contributed by atoms with E-state index in [9.17, 15) is 33.6 Å². The monoisotopic (exact) mass is 815 g/mol. The molecule has 0 saturated carbocycles. The number of fused-ring (bicyclic) bond motifs is 1. The predicted molar refractivity (Wildman–Crippen MR) is 193 cm³/mol. The fourth-order valence-electron chi connectivity index (χ4n) is 4.61. The standard InChI is InChI=1S/C32H45N7O14S2/c1-13(2)20(33)28(43)49-9-18(10-50-29(44)21(34)14(3)4)53-32(46)52-16(6)51-30(45)24-17(8-48-15(5)40)11-54-27-23(26(42)39(24)27)37-25(41)22(38-47-7)19-12-55-31(35)36-19/h12-14,16,18,20-21,23,27H,8-11,33-34H2,1-7H3,(H2,35,36)(H,37,41)/b38-22-/t16?,20-,21-,23+,27?/m0/s1. The fraction of sp³-hybridized carbons (Fsp3) is 0.594. The summed E-state index contributed by atoms with van der Waals surface area (Å²) in [6.45, 7) is 7.56. The van der Waals surface area contributed by atoms with Gasteiger partial charge in [-0.25, -0.2) is 14.6 Å². The van der Waals surface area contributed by atoms with E-state index in [1.807, 2.05) is 0 Å². The molecule has 55 heavy (non-hydrogen) atoms. The number of β-lactam (4-membered cyclic amide) rings is 1. The molecule has 3 heterocycles. The number of amides is 2. The molecule has 1 saturated heterocycles. The highest BCUT2D eigenvalue weighted by Gasteiger charge is 2.55. The minimum Gasteiger partial charge on any atom is -0.461 e. The highest BCUT2D eigenvalue weighted by molar-refractivity contribution is 8.00. The second-order valence-corrected chi connectivity index (χ2v) is 14.7. The van der Waals surface area contributed by atoms with Gasteiger partial charge in [0, 0.05) is 30.6 Å². The number of oxime groups is 1. The first-order valence-electron chi connectivity index (χ1n) is 16.7. The number of hydrogen-bond acceptors (Lipinski definition) is 21. The lowest BCUT2D eigenvalue weighted by Gasteiger charge is -2.49. The summed E-state index contributed by atoms with van der Waals surface area (Å²) in [6, 6.07) is -3.11. The van der Waals surface area contributed by atoms with Gasteiger partial charge in [0.1, 0.15) is 61.8 Å². The van der Waals surface area contributed by atoms with Gasteiger partial charge >= 0.3 is 30.0 Å². The van der Waals surface area contributed by atoms with E-state index >= 15 is 0 Å². The molecule has 0 spiro atoms. The number of rotatable bonds is 18. The van der Waals surface area contributed by atoms with Gasteiger partial charge < -0.3 is 55.8 Å². The molecule has 21 nitrogen and oxygen atoms in total. The van der Waals surface area contributed by atoms with E-state index in [1.165, 1.54) is 19.4 Å². The number of aromatic nitrogens is 1. The Morgan fingerprint density at radius 1 is 0.964 bits per heavy atom. The van der Waals surface area contributed by atoms with Crippen molar-refractivity contribution in [1.29, 1.82) is 0 Å². The quantitative estimate of drug-likeness (QED) is 0.0371. The molecule has 0 bridgehead atoms. The van der Waals surface area contributed by atoms with Crippen molar-refractivity contribution < 1.29 is 66.8 Å². The molecule has 5 atom stereocenters. The molecule has 1 fully saturated rings. The van der Waals surface area contributed by atoms with Crippen molar-refractivity contribution in [2.45, 2.75) is 77.4 Å². The fourth-order valence-corrected chi connectivity index (χ4v) is 6.48. The molecule has 0 aliphatic carbocycles. The number of thioether (sulfide) groups is 1. The van der Waals surface area contributed by atoms with Crippen molar-refractivity contribution in [3.63, 3.8) is 0 Å². The first kappa shape index (κ1) is 44.4. The molecule has 23 heteroatoms. The zero-order chi connectivity index (χ0) is 41.1. The molecule has 1 aromatic heterocycles. The van der Waals surface area contributed by atoms with Crippen molar-refractivity contribution in [1.82, 2.24) is 15.2 Å². The number of esters is 4. The first-order chi connectivity index (χ1) is 25.9. The van der Waals surface area contributed by atoms with Crippen LogP contribution in [0.3, 0.4) is 0 Å². The Bertz CT molecular complexity index is 1650. The number of nitrogens with zero attached hydrogens (tertiary/aromatic N) is 3. The second-order valence-electron chi connectivity index (χ2n) is 12.7. The van der Waals surface area contributed by atoms with E-state index in [-0.39, 0.29) is 52.0 Å². The van der Waals surface area contributed by atoms with Gasteiger partial charge in [0.2, 0.25) is 6.29 Å². The summed E-state index contributed by atoms with van der Waals surface area (Å²) in [5, 5.41) is 7.10. The first-order valence-corrected chi connectivity index (χ1v) is 18.6. The summed E-state index contributed by atoms with van der Waals surface area (Å²) in [6.07, 6.45) is -4.44. The molecule has 1 aromatic rings. The van der Waals surface area contributed by atoms with E-state index < -0.39 is 91.0 Å². The van der Waals surface area contributed by atoms with Gasteiger partial charge in [-0.2, -0.15) is 0 Å². The molecular formula is C32H45N7O14S2. The van der Waals surface area contributed by atoms with Gasteiger partial charge in [-0.05, 0) is 11.8 Å². The van der Waals surface area contributed by atoms with Gasteiger partial charge in [-0.15, -0.1) is 23.1 Å². The SMILES string of the molecule is CO/N=C(\C(=O)N[C@@H]1C(=O)N2C(C(=O)OC(C)OC(=O)OC(COC(=O)[C@@H](N)C(C)C)COC(=O)[C@@H](N)C(C)C)=C(COC(C)=O)CSC12)c1csc(N)n1. The Labute approximate surface area is 323 Å². The number of nitrogen functional groups attached to an aromatic ring is 1. The lowest BCUT2D eigenvalue weighted by Crippen LogP contribution is -2.71. The number of anilines is 1. The van der Waals surface area contributed by atoms with Crippen LogP contribution in [0.4, 0.5) is 9.93 Å². The number of ether oxygens (including phenoxy) is 6. The third-order valence-corrected chi connectivity index (χ3v) is 9.75. The van der Waals surface area contributed by atoms with Crippen molar-refractivity contribution in [2.24, 2.45) is 28.5 Å². The van der Waals surface area contributed by atoms with Crippen molar-refractivity contribution >= 4 is 75.8 Å². The van der Waals surface area contributed by atoms with Crippen LogP contribution in [0.25, 0.3) is 0 Å². The smallest absolute Gasteiger partial charge is 0.461 e. The summed E-state index contributed by atoms with van der Waals surface area (Å²) in [5.74, 6) is -5.42. The largest absolute Gasteiger partial charge is 0.511 e. The van der Waals surface area contributed by atoms with Gasteiger partial charge in [0.15, 0.2) is 16.9 Å². The van der Waals surface area contributed by atoms with Crippen LogP contribution in [0, 0.1) is 11.8 Å². The van der Waals surface area contributed by atoms with Crippen molar-refractivity contribution in [3.05, 3.63) is 22.3 Å². The van der Waals surface area contributed by atoms with E-state index in [0.717, 1.165) is 34.9 Å². The van der Waals surface area contributed by atoms with E-state index in [1.54, 1.807) is 27.7 Å². The zero-order valence-corrected chi connectivity index (χ0v) is 32.8. The Kier molecular flexibility index (Phi) is 16.2. The lowest BCUT2D eigenvalue weighted by molar-refractivity contribution is -0.173. The molecule has 2 aliphatic heterocycles. The predicted octanol–water partition coefficient (Wildman–Crippen LogP) is -0.243. The highest BCUT2D eigenvalue weighted by atomic mass is 32.2. The van der Waals surface area contributed by atoms with Crippen molar-refractivity contribution in [2.75, 3.05) is 38.4 Å². The normalized spacial score (nSPS) is 18.4. The van der Waals surface area contributed by atoms with Gasteiger partial charge in [-0.1, -0.05) is 32.9 Å². The molecule has 0 radical (unpaired) electrons. The molecule has 304 valence electrons. The number of nitrogens with one attached hydrogen (secondary N) is 1. The molecule has 2 amide bonds. The lowest BCUT2D eigenvalue weighted by atomic mass is 10.0. The Morgan fingerprint density at radius 3 is 2.07 bits per heavy atom. The second kappa shape index (κ2) is 20.1. The van der Waals surface area contributed by atoms with Crippen LogP contribution >= 0.6 is 23.1 Å². The molecule has 7 N–H and O–H groups in total. The maximum atomic E-state index is 13.6. The number of nitrogens with two attached hydrogens (primary N) is 3. The Morgan fingerprint density at radius 2 is 1.56 bits per heavy atom. The number of thiazole rings is 1. The van der Waals surface area contributed by atoms with Gasteiger partial charge in [-0.3, -0.25) is 28.9 Å². The Hall–Kier alpha value is -5.00. The van der Waals surface area contributed by atoms with Crippen LogP contribution in [-0.4, -0.2) is 126 Å². The van der Waals surface area contributed by atoms with E-state index in [0.29, 0.717) is 0 Å². The number of carbonyl (C=O) groups excluding carboxylic acids is 7. The van der Waals surface area contributed by atoms with Crippen LogP contribution in [0.2, 0.25) is 0 Å². The minimum atomic E-state index is -1.64. The van der Waals surface area contributed by atoms with Gasteiger partial charge in [0.25, 0.3) is 11.8 Å². The van der Waals surface area contributed by atoms with Crippen LogP contribution in [-0.2, 0) is 62.0 Å². The molecular weight excluding hydrogens is 771 g/mol. The zero-order valence-electron chi connectivity index (χ0n) is 31.1. The molecule has 2 unspecified atom stereocenters. The summed E-state index contributed by atoms with van der Waals surface area (Å²) in [7, 11) is 1.22. The molecule has 2 aliphatic rings. The third-order valence-electron chi connectivity index (χ3n) is 7.74. The van der Waals surface area contributed by atoms with E-state index in [4.69, 9.17) is 50.5 Å². The summed E-state index contributed by atoms with van der Waals surface area (Å²) in [4.78, 5) is 99.1. The average Bonchev–Trinajstić information content (AvgIpc) is 3.56. The van der Waals surface area contributed by atoms with Crippen LogP contribution in [0.5, 0.6) is 0 Å². The van der Waals surface area contributed by atoms with Crippen LogP contribution in [0.15, 0.2) is 21.8 Å². The maximum absolute atomic E-state index is 13.6. The molecule has 3 rings (SSSR count). The average molecular weight is 816 g/mol. The third kappa shape index (κ3) is 12.0. The summed E-state index contributed by atoms with van der Waals surface area (Å²) < 4.78 is 31.0. The topological polar surface area (TPSA) is 303 Å². The van der Waals surface area contributed by atoms with E-state index in [2.05, 4.69) is 15.5 Å². The molecule has 0 aromatic carbocycles. The maximum Gasteiger partial charge on any atom is 0.511 e. The Balaban J connectivity index is 1.72. The summed E-state index contributed by atoms with van der Waals surface area (Å²) in [5.41, 5.74) is 17.1.